The maximum absolute atomic E-state index is 13.8. The Balaban J connectivity index is 1.92. The lowest BCUT2D eigenvalue weighted by Crippen LogP contribution is -2.24. The number of fused-ring (bicyclic) bond motifs is 1. The summed E-state index contributed by atoms with van der Waals surface area (Å²) in [4.78, 5) is 0. The Labute approximate surface area is 134 Å². The van der Waals surface area contributed by atoms with Gasteiger partial charge < -0.3 is 10.1 Å². The van der Waals surface area contributed by atoms with Crippen molar-refractivity contribution in [3.8, 4) is 5.75 Å². The van der Waals surface area contributed by atoms with E-state index in [0.29, 0.717) is 16.1 Å². The van der Waals surface area contributed by atoms with Crippen LogP contribution in [0.15, 0.2) is 16.6 Å². The lowest BCUT2D eigenvalue weighted by molar-refractivity contribution is 0.382. The topological polar surface area (TPSA) is 21.3 Å². The van der Waals surface area contributed by atoms with Crippen molar-refractivity contribution in [2.75, 3.05) is 13.7 Å². The zero-order valence-electron chi connectivity index (χ0n) is 12.7. The number of methoxy groups -OCH3 is 1. The molecular formula is C17H23BrFNO. The Hall–Kier alpha value is -0.610. The fourth-order valence-corrected chi connectivity index (χ4v) is 4.54. The van der Waals surface area contributed by atoms with E-state index in [2.05, 4.69) is 28.2 Å². The van der Waals surface area contributed by atoms with Crippen molar-refractivity contribution in [3.63, 3.8) is 0 Å². The summed E-state index contributed by atoms with van der Waals surface area (Å²) in [7, 11) is 1.62. The highest BCUT2D eigenvalue weighted by molar-refractivity contribution is 9.10. The van der Waals surface area contributed by atoms with E-state index < -0.39 is 0 Å². The van der Waals surface area contributed by atoms with Crippen LogP contribution in [0.4, 0.5) is 4.39 Å². The third-order valence-corrected chi connectivity index (χ3v) is 5.75. The molecule has 2 aliphatic carbocycles. The molecule has 1 aromatic carbocycles. The molecule has 4 heteroatoms. The summed E-state index contributed by atoms with van der Waals surface area (Å²) in [5.74, 6) is 2.76. The molecule has 116 valence electrons. The van der Waals surface area contributed by atoms with E-state index in [1.54, 1.807) is 7.11 Å². The van der Waals surface area contributed by atoms with Crippen molar-refractivity contribution in [1.29, 1.82) is 0 Å². The van der Waals surface area contributed by atoms with Crippen LogP contribution in [0.2, 0.25) is 0 Å². The number of hydrogen-bond donors (Lipinski definition) is 1. The van der Waals surface area contributed by atoms with E-state index in [0.717, 1.165) is 23.9 Å². The van der Waals surface area contributed by atoms with Gasteiger partial charge in [0, 0.05) is 17.7 Å². The van der Waals surface area contributed by atoms with Crippen molar-refractivity contribution in [1.82, 2.24) is 5.32 Å². The molecule has 1 aromatic rings. The molecule has 0 radical (unpaired) electrons. The molecule has 0 heterocycles. The summed E-state index contributed by atoms with van der Waals surface area (Å²) < 4.78 is 19.7. The Morgan fingerprint density at radius 1 is 1.33 bits per heavy atom. The van der Waals surface area contributed by atoms with Gasteiger partial charge in [-0.15, -0.1) is 0 Å². The second-order valence-electron chi connectivity index (χ2n) is 6.23. The molecule has 3 rings (SSSR count). The molecule has 2 saturated carbocycles. The van der Waals surface area contributed by atoms with Crippen LogP contribution in [0, 0.1) is 23.6 Å². The minimum atomic E-state index is -0.265. The average molecular weight is 356 g/mol. The van der Waals surface area contributed by atoms with Crippen LogP contribution < -0.4 is 10.1 Å². The third-order valence-electron chi connectivity index (χ3n) is 5.14. The van der Waals surface area contributed by atoms with Crippen molar-refractivity contribution >= 4 is 15.9 Å². The van der Waals surface area contributed by atoms with Crippen molar-refractivity contribution in [2.24, 2.45) is 17.8 Å². The summed E-state index contributed by atoms with van der Waals surface area (Å²) in [6, 6.07) is 3.66. The van der Waals surface area contributed by atoms with Crippen LogP contribution in [0.3, 0.4) is 0 Å². The number of ether oxygens (including phenoxy) is 1. The first kappa shape index (κ1) is 15.3. The zero-order chi connectivity index (χ0) is 15.0. The number of halogens is 2. The van der Waals surface area contributed by atoms with E-state index in [4.69, 9.17) is 4.74 Å². The zero-order valence-corrected chi connectivity index (χ0v) is 14.2. The Kier molecular flexibility index (Phi) is 4.55. The normalized spacial score (nSPS) is 28.9. The minimum Gasteiger partial charge on any atom is -0.496 e. The minimum absolute atomic E-state index is 0.265. The summed E-state index contributed by atoms with van der Waals surface area (Å²) in [5, 5.41) is 3.62. The molecule has 2 nitrogen and oxygen atoms in total. The molecule has 0 aromatic heterocycles. The maximum Gasteiger partial charge on any atom is 0.141 e. The van der Waals surface area contributed by atoms with Crippen molar-refractivity contribution < 1.29 is 9.13 Å². The molecule has 3 unspecified atom stereocenters. The van der Waals surface area contributed by atoms with Crippen LogP contribution in [0.5, 0.6) is 5.75 Å². The fraction of sp³-hybridized carbons (Fsp3) is 0.647. The number of rotatable bonds is 5. The molecule has 1 N–H and O–H groups in total. The highest BCUT2D eigenvalue weighted by atomic mass is 79.9. The molecule has 0 bridgehead atoms. The van der Waals surface area contributed by atoms with Gasteiger partial charge in [0.05, 0.1) is 11.6 Å². The SMILES string of the molecule is CCNC(c1cc(Br)c(F)cc1OC)C1C2CCCCC21. The Bertz CT molecular complexity index is 510. The molecule has 2 aliphatic rings. The van der Waals surface area contributed by atoms with E-state index >= 15 is 0 Å². The van der Waals surface area contributed by atoms with Gasteiger partial charge in [-0.3, -0.25) is 0 Å². The fourth-order valence-electron chi connectivity index (χ4n) is 4.18. The molecule has 0 saturated heterocycles. The van der Waals surface area contributed by atoms with Crippen molar-refractivity contribution in [2.45, 2.75) is 38.6 Å². The molecule has 21 heavy (non-hydrogen) atoms. The Morgan fingerprint density at radius 2 is 2.00 bits per heavy atom. The van der Waals surface area contributed by atoms with Gasteiger partial charge >= 0.3 is 0 Å². The number of nitrogens with one attached hydrogen (secondary N) is 1. The van der Waals surface area contributed by atoms with Crippen LogP contribution in [0.25, 0.3) is 0 Å². The standard InChI is InChI=1S/C17H23BrFNO/c1-3-20-17(16-10-6-4-5-7-11(10)16)12-8-13(18)14(19)9-15(12)21-2/h8-11,16-17,20H,3-7H2,1-2H3. The highest BCUT2D eigenvalue weighted by Crippen LogP contribution is 2.61. The summed E-state index contributed by atoms with van der Waals surface area (Å²) in [6.45, 7) is 3.04. The monoisotopic (exact) mass is 355 g/mol. The number of hydrogen-bond acceptors (Lipinski definition) is 2. The second kappa shape index (κ2) is 6.25. The first-order valence-electron chi connectivity index (χ1n) is 7.93. The molecule has 3 atom stereocenters. The Morgan fingerprint density at radius 3 is 2.57 bits per heavy atom. The summed E-state index contributed by atoms with van der Waals surface area (Å²) in [5.41, 5.74) is 1.09. The van der Waals surface area contributed by atoms with Crippen LogP contribution in [0.1, 0.15) is 44.2 Å². The lowest BCUT2D eigenvalue weighted by atomic mass is 9.98. The van der Waals surface area contributed by atoms with Gasteiger partial charge in [-0.2, -0.15) is 0 Å². The number of benzene rings is 1. The highest BCUT2D eigenvalue weighted by Gasteiger charge is 2.54. The van der Waals surface area contributed by atoms with Gasteiger partial charge in [-0.25, -0.2) is 4.39 Å². The molecule has 2 fully saturated rings. The van der Waals surface area contributed by atoms with Gasteiger partial charge in [0.1, 0.15) is 11.6 Å². The first-order chi connectivity index (χ1) is 10.2. The average Bonchev–Trinajstić information content (AvgIpc) is 3.21. The lowest BCUT2D eigenvalue weighted by Gasteiger charge is -2.22. The van der Waals surface area contributed by atoms with E-state index in [-0.39, 0.29) is 11.9 Å². The molecule has 0 aliphatic heterocycles. The van der Waals surface area contributed by atoms with Crippen LogP contribution in [-0.4, -0.2) is 13.7 Å². The second-order valence-corrected chi connectivity index (χ2v) is 7.09. The molecule has 0 spiro atoms. The largest absolute Gasteiger partial charge is 0.496 e. The third kappa shape index (κ3) is 2.85. The predicted molar refractivity (Wildman–Crippen MR) is 86.0 cm³/mol. The summed E-state index contributed by atoms with van der Waals surface area (Å²) in [6.07, 6.45) is 5.42. The van der Waals surface area contributed by atoms with Gasteiger partial charge in [0.2, 0.25) is 0 Å². The summed E-state index contributed by atoms with van der Waals surface area (Å²) >= 11 is 3.32. The smallest absolute Gasteiger partial charge is 0.141 e. The van der Waals surface area contributed by atoms with Crippen molar-refractivity contribution in [3.05, 3.63) is 28.0 Å². The van der Waals surface area contributed by atoms with E-state index in [1.165, 1.54) is 31.7 Å². The maximum atomic E-state index is 13.8. The van der Waals surface area contributed by atoms with Gasteiger partial charge in [-0.05, 0) is 59.1 Å². The first-order valence-corrected chi connectivity index (χ1v) is 8.73. The molecule has 0 amide bonds. The van der Waals surface area contributed by atoms with Gasteiger partial charge in [0.15, 0.2) is 0 Å². The van der Waals surface area contributed by atoms with E-state index in [9.17, 15) is 4.39 Å². The van der Waals surface area contributed by atoms with E-state index in [1.807, 2.05) is 6.07 Å². The van der Waals surface area contributed by atoms with Crippen LogP contribution >= 0.6 is 15.9 Å². The quantitative estimate of drug-likeness (QED) is 0.827. The predicted octanol–water partition coefficient (Wildman–Crippen LogP) is 4.68. The van der Waals surface area contributed by atoms with Gasteiger partial charge in [-0.1, -0.05) is 19.8 Å². The van der Waals surface area contributed by atoms with Gasteiger partial charge in [0.25, 0.3) is 0 Å². The van der Waals surface area contributed by atoms with Crippen LogP contribution in [-0.2, 0) is 0 Å². The molecular weight excluding hydrogens is 333 g/mol.